The molecule has 0 atom stereocenters. The van der Waals surface area contributed by atoms with Crippen LogP contribution in [0.2, 0.25) is 0 Å². The van der Waals surface area contributed by atoms with Crippen LogP contribution in [0.4, 0.5) is 0 Å². The van der Waals surface area contributed by atoms with Crippen molar-refractivity contribution in [1.82, 2.24) is 9.80 Å². The average molecular weight is 388 g/mol. The number of carboxylic acids is 1. The molecule has 2 aliphatic heterocycles. The van der Waals surface area contributed by atoms with Crippen LogP contribution in [0.5, 0.6) is 11.5 Å². The maximum absolute atomic E-state index is 12.7. The van der Waals surface area contributed by atoms with Gasteiger partial charge < -0.3 is 24.4 Å². The zero-order chi connectivity index (χ0) is 19.7. The number of amides is 2. The molecule has 1 aromatic rings. The molecule has 1 N–H and O–H groups in total. The molecule has 1 aromatic carbocycles. The second-order valence-electron chi connectivity index (χ2n) is 7.57. The molecule has 0 radical (unpaired) electrons. The fourth-order valence-corrected chi connectivity index (χ4v) is 4.19. The van der Waals surface area contributed by atoms with E-state index in [2.05, 4.69) is 0 Å². The Labute approximate surface area is 163 Å². The van der Waals surface area contributed by atoms with Gasteiger partial charge in [0.05, 0.1) is 5.92 Å². The van der Waals surface area contributed by atoms with Gasteiger partial charge in [0, 0.05) is 37.7 Å². The lowest BCUT2D eigenvalue weighted by atomic mass is 9.81. The number of ether oxygens (including phenoxy) is 2. The summed E-state index contributed by atoms with van der Waals surface area (Å²) in [6.45, 7) is 2.16. The summed E-state index contributed by atoms with van der Waals surface area (Å²) in [5.74, 6) is 0.0704. The molecule has 0 spiro atoms. The summed E-state index contributed by atoms with van der Waals surface area (Å²) in [5, 5.41) is 9.09. The summed E-state index contributed by atoms with van der Waals surface area (Å²) in [6, 6.07) is 5.17. The van der Waals surface area contributed by atoms with E-state index in [4.69, 9.17) is 14.6 Å². The number of nitrogens with zero attached hydrogens (tertiary/aromatic N) is 2. The lowest BCUT2D eigenvalue weighted by Gasteiger charge is -2.37. The predicted octanol–water partition coefficient (Wildman–Crippen LogP) is 1.59. The van der Waals surface area contributed by atoms with Crippen LogP contribution in [0.1, 0.15) is 36.0 Å². The molecule has 3 aliphatic rings. The maximum atomic E-state index is 12.7. The molecular weight excluding hydrogens is 364 g/mol. The van der Waals surface area contributed by atoms with Crippen molar-refractivity contribution >= 4 is 17.8 Å². The van der Waals surface area contributed by atoms with Crippen LogP contribution in [-0.4, -0.2) is 65.7 Å². The monoisotopic (exact) mass is 388 g/mol. The molecule has 0 aromatic heterocycles. The predicted molar refractivity (Wildman–Crippen MR) is 98.1 cm³/mol. The van der Waals surface area contributed by atoms with Crippen LogP contribution in [0.25, 0.3) is 0 Å². The first-order valence-electron chi connectivity index (χ1n) is 9.73. The fraction of sp³-hybridized carbons (Fsp3) is 0.550. The Morgan fingerprint density at radius 2 is 1.46 bits per heavy atom. The third kappa shape index (κ3) is 3.63. The number of carboxylic acid groups (broad SMARTS) is 1. The summed E-state index contributed by atoms with van der Waals surface area (Å²) >= 11 is 0. The summed E-state index contributed by atoms with van der Waals surface area (Å²) in [4.78, 5) is 40.1. The van der Waals surface area contributed by atoms with Crippen LogP contribution >= 0.6 is 0 Å². The smallest absolute Gasteiger partial charge is 0.306 e. The first-order valence-corrected chi connectivity index (χ1v) is 9.73. The lowest BCUT2D eigenvalue weighted by Crippen LogP contribution is -2.52. The molecule has 8 nitrogen and oxygen atoms in total. The number of fused-ring (bicyclic) bond motifs is 1. The minimum atomic E-state index is -0.762. The topological polar surface area (TPSA) is 96.4 Å². The van der Waals surface area contributed by atoms with E-state index in [1.807, 2.05) is 4.90 Å². The third-order valence-corrected chi connectivity index (χ3v) is 5.92. The van der Waals surface area contributed by atoms with Gasteiger partial charge in [0.15, 0.2) is 11.5 Å². The quantitative estimate of drug-likeness (QED) is 0.845. The first kappa shape index (κ1) is 18.6. The minimum Gasteiger partial charge on any atom is -0.481 e. The highest BCUT2D eigenvalue weighted by Crippen LogP contribution is 2.33. The van der Waals surface area contributed by atoms with Crippen LogP contribution in [-0.2, 0) is 9.59 Å². The van der Waals surface area contributed by atoms with Gasteiger partial charge in [-0.1, -0.05) is 0 Å². The zero-order valence-electron chi connectivity index (χ0n) is 15.6. The molecular formula is C20H24N2O6. The highest BCUT2D eigenvalue weighted by Gasteiger charge is 2.34. The molecule has 150 valence electrons. The molecule has 0 unspecified atom stereocenters. The molecule has 1 aliphatic carbocycles. The highest BCUT2D eigenvalue weighted by molar-refractivity contribution is 5.95. The van der Waals surface area contributed by atoms with E-state index < -0.39 is 5.97 Å². The number of rotatable bonds is 3. The molecule has 2 amide bonds. The number of piperazine rings is 1. The van der Waals surface area contributed by atoms with Crippen LogP contribution in [0, 0.1) is 11.8 Å². The van der Waals surface area contributed by atoms with Crippen LogP contribution in [0.15, 0.2) is 18.2 Å². The number of hydrogen-bond donors (Lipinski definition) is 1. The van der Waals surface area contributed by atoms with Gasteiger partial charge >= 0.3 is 5.97 Å². The molecule has 28 heavy (non-hydrogen) atoms. The van der Waals surface area contributed by atoms with Gasteiger partial charge in [-0.15, -0.1) is 0 Å². The summed E-state index contributed by atoms with van der Waals surface area (Å²) < 4.78 is 10.6. The van der Waals surface area contributed by atoms with E-state index in [1.54, 1.807) is 23.1 Å². The minimum absolute atomic E-state index is 0.0765. The van der Waals surface area contributed by atoms with Gasteiger partial charge in [-0.25, -0.2) is 0 Å². The van der Waals surface area contributed by atoms with Crippen molar-refractivity contribution in [2.75, 3.05) is 33.0 Å². The Kier molecular flexibility index (Phi) is 5.11. The Balaban J connectivity index is 1.30. The second-order valence-corrected chi connectivity index (χ2v) is 7.57. The normalized spacial score (nSPS) is 24.1. The van der Waals surface area contributed by atoms with E-state index in [9.17, 15) is 14.4 Å². The van der Waals surface area contributed by atoms with Crippen molar-refractivity contribution in [1.29, 1.82) is 0 Å². The number of carbonyl (C=O) groups excluding carboxylic acids is 2. The van der Waals surface area contributed by atoms with Gasteiger partial charge in [0.1, 0.15) is 0 Å². The molecule has 2 heterocycles. The van der Waals surface area contributed by atoms with Gasteiger partial charge in [-0.2, -0.15) is 0 Å². The lowest BCUT2D eigenvalue weighted by molar-refractivity contribution is -0.146. The average Bonchev–Trinajstić information content (AvgIpc) is 3.21. The molecule has 4 rings (SSSR count). The van der Waals surface area contributed by atoms with E-state index in [0.29, 0.717) is 68.9 Å². The van der Waals surface area contributed by atoms with Crippen molar-refractivity contribution in [3.63, 3.8) is 0 Å². The first-order chi connectivity index (χ1) is 13.5. The summed E-state index contributed by atoms with van der Waals surface area (Å²) in [5.41, 5.74) is 0.552. The van der Waals surface area contributed by atoms with Crippen molar-refractivity contribution in [2.45, 2.75) is 25.7 Å². The van der Waals surface area contributed by atoms with Crippen molar-refractivity contribution in [3.8, 4) is 11.5 Å². The highest BCUT2D eigenvalue weighted by atomic mass is 16.7. The van der Waals surface area contributed by atoms with Gasteiger partial charge in [0.2, 0.25) is 12.7 Å². The Morgan fingerprint density at radius 1 is 0.857 bits per heavy atom. The third-order valence-electron chi connectivity index (χ3n) is 5.92. The molecule has 1 saturated heterocycles. The summed E-state index contributed by atoms with van der Waals surface area (Å²) in [7, 11) is 0. The van der Waals surface area contributed by atoms with Crippen molar-refractivity contribution in [2.24, 2.45) is 11.8 Å². The van der Waals surface area contributed by atoms with Crippen LogP contribution in [0.3, 0.4) is 0 Å². The largest absolute Gasteiger partial charge is 0.481 e. The van der Waals surface area contributed by atoms with Gasteiger partial charge in [-0.3, -0.25) is 14.4 Å². The molecule has 2 fully saturated rings. The fourth-order valence-electron chi connectivity index (χ4n) is 4.19. The number of benzene rings is 1. The molecule has 0 bridgehead atoms. The summed E-state index contributed by atoms with van der Waals surface area (Å²) in [6.07, 6.45) is 2.39. The molecule has 8 heteroatoms. The number of hydrogen-bond acceptors (Lipinski definition) is 5. The second kappa shape index (κ2) is 7.69. The SMILES string of the molecule is O=C(O)C1CCC(C(=O)N2CCN(C(=O)c3ccc4c(c3)OCO4)CC2)CC1. The van der Waals surface area contributed by atoms with E-state index in [0.717, 1.165) is 0 Å². The van der Waals surface area contributed by atoms with Gasteiger partial charge in [-0.05, 0) is 43.9 Å². The van der Waals surface area contributed by atoms with E-state index in [-0.39, 0.29) is 30.4 Å². The van der Waals surface area contributed by atoms with Crippen LogP contribution < -0.4 is 9.47 Å². The Bertz CT molecular complexity index is 779. The van der Waals surface area contributed by atoms with Gasteiger partial charge in [0.25, 0.3) is 5.91 Å². The zero-order valence-corrected chi connectivity index (χ0v) is 15.6. The maximum Gasteiger partial charge on any atom is 0.306 e. The number of carbonyl (C=O) groups is 3. The Hall–Kier alpha value is -2.77. The van der Waals surface area contributed by atoms with E-state index >= 15 is 0 Å². The number of aliphatic carboxylic acids is 1. The van der Waals surface area contributed by atoms with E-state index in [1.165, 1.54) is 0 Å². The standard InChI is InChI=1S/C20H24N2O6/c23-18(13-1-3-14(4-2-13)20(25)26)21-7-9-22(10-8-21)19(24)15-5-6-16-17(11-15)28-12-27-16/h5-6,11,13-14H,1-4,7-10,12H2,(H,25,26). The molecule has 1 saturated carbocycles. The Morgan fingerprint density at radius 3 is 2.14 bits per heavy atom. The van der Waals surface area contributed by atoms with Crippen molar-refractivity contribution < 1.29 is 29.0 Å². The van der Waals surface area contributed by atoms with Crippen molar-refractivity contribution in [3.05, 3.63) is 23.8 Å².